The number of aliphatic hydroxyl groups is 2. The second-order valence-corrected chi connectivity index (χ2v) is 19.9. The Hall–Kier alpha value is -9.50. The van der Waals surface area contributed by atoms with Gasteiger partial charge in [0.1, 0.15) is 59.0 Å². The second-order valence-electron chi connectivity index (χ2n) is 19.9. The Bertz CT molecular complexity index is 3140. The molecule has 0 aliphatic carbocycles. The van der Waals surface area contributed by atoms with Crippen molar-refractivity contribution in [1.82, 2.24) is 5.32 Å². The van der Waals surface area contributed by atoms with E-state index in [-0.39, 0.29) is 28.4 Å². The van der Waals surface area contributed by atoms with E-state index in [1.54, 1.807) is 6.92 Å². The molecule has 6 aromatic rings. The Balaban J connectivity index is 1.31. The lowest BCUT2D eigenvalue weighted by Gasteiger charge is -2.38. The van der Waals surface area contributed by atoms with Gasteiger partial charge in [-0.1, -0.05) is 19.8 Å². The maximum atomic E-state index is 13.8. The summed E-state index contributed by atoms with van der Waals surface area (Å²) in [5.74, 6) is -19.7. The fraction of sp³-hybridized carbons (Fsp3) is 0.321. The van der Waals surface area contributed by atoms with Crippen LogP contribution < -0.4 is 14.8 Å². The van der Waals surface area contributed by atoms with Crippen molar-refractivity contribution in [3.8, 4) is 103 Å². The summed E-state index contributed by atoms with van der Waals surface area (Å²) in [7, 11) is 0. The van der Waals surface area contributed by atoms with Crippen LogP contribution in [-0.4, -0.2) is 147 Å². The number of phenols is 16. The molecule has 0 radical (unpaired) electrons. The molecule has 6 aromatic carbocycles. The molecular formula is C56H59NO25. The van der Waals surface area contributed by atoms with Crippen LogP contribution in [0.15, 0.2) is 60.7 Å². The summed E-state index contributed by atoms with van der Waals surface area (Å²) in [6.07, 6.45) is -10.8. The first kappa shape index (κ1) is 58.6. The molecule has 0 spiro atoms. The lowest BCUT2D eigenvalue weighted by Crippen LogP contribution is -2.48. The summed E-state index contributed by atoms with van der Waals surface area (Å²) in [5, 5.41) is 198. The third-order valence-corrected chi connectivity index (χ3v) is 14.1. The van der Waals surface area contributed by atoms with Crippen molar-refractivity contribution in [2.45, 2.75) is 108 Å². The average molecular weight is 1150 g/mol. The van der Waals surface area contributed by atoms with E-state index >= 15 is 0 Å². The summed E-state index contributed by atoms with van der Waals surface area (Å²) >= 11 is 0. The van der Waals surface area contributed by atoms with Crippen LogP contribution in [0.3, 0.4) is 0 Å². The first-order chi connectivity index (χ1) is 38.7. The number of nitrogens with one attached hydrogen (secondary N) is 1. The largest absolute Gasteiger partial charge is 0.507 e. The Morgan fingerprint density at radius 1 is 0.524 bits per heavy atom. The molecule has 2 heterocycles. The molecule has 8 atom stereocenters. The van der Waals surface area contributed by atoms with Crippen LogP contribution in [0, 0.1) is 0 Å². The van der Waals surface area contributed by atoms with Crippen molar-refractivity contribution in [3.63, 3.8) is 0 Å². The molecule has 0 saturated heterocycles. The molecule has 19 N–H and O–H groups in total. The first-order valence-electron chi connectivity index (χ1n) is 25.3. The number of unbranched alkanes of at least 4 members (excludes halogenated alkanes) is 1. The lowest BCUT2D eigenvalue weighted by molar-refractivity contribution is -0.112. The molecule has 0 fully saturated rings. The Morgan fingerprint density at radius 2 is 0.878 bits per heavy atom. The Kier molecular flexibility index (Phi) is 16.7. The second kappa shape index (κ2) is 23.3. The minimum absolute atomic E-state index is 0.244. The van der Waals surface area contributed by atoms with Crippen LogP contribution in [0.25, 0.3) is 0 Å². The standard InChI is InChI=1S/C56H59NO25/c1-4-5-6-20(2)78-21(3)45(70)54(75)57-19-28(43-31(60)17-29(58)26-15-41(79-55(76)24-11-37(66)48(73)38(67)12-24)50(81-52(26)43)22-7-33(62)46(71)34(63)8-22)44-32(61)18-30(59)27-16-42(80-56(77)25-13-39(68)49(74)40(69)14-25)51(82-53(27)44)23-9-35(64)47(72)36(65)10-23/h7-14,17-18,20-21,28,41-42,45,50-51,54,57-75H,4-6,15-16,19H2,1-3H3/t20?,21-,41+,42+,45?,50+,51+,54?/m0/s1. The van der Waals surface area contributed by atoms with Crippen molar-refractivity contribution in [1.29, 1.82) is 0 Å². The van der Waals surface area contributed by atoms with Gasteiger partial charge in [-0.3, -0.25) is 5.32 Å². The number of esters is 2. The minimum atomic E-state index is -1.90. The molecule has 2 aliphatic rings. The van der Waals surface area contributed by atoms with Gasteiger partial charge in [-0.05, 0) is 68.8 Å². The summed E-state index contributed by atoms with van der Waals surface area (Å²) < 4.78 is 30.7. The first-order valence-corrected chi connectivity index (χ1v) is 25.3. The number of aliphatic hydroxyl groups excluding tert-OH is 2. The highest BCUT2D eigenvalue weighted by Crippen LogP contribution is 2.56. The lowest BCUT2D eigenvalue weighted by atomic mass is 9.82. The van der Waals surface area contributed by atoms with Gasteiger partial charge < -0.3 is 116 Å². The molecule has 26 nitrogen and oxygen atoms in total. The molecule has 0 aromatic heterocycles. The van der Waals surface area contributed by atoms with E-state index in [0.717, 1.165) is 73.5 Å². The summed E-state index contributed by atoms with van der Waals surface area (Å²) in [6, 6.07) is 8.26. The van der Waals surface area contributed by atoms with E-state index in [1.165, 1.54) is 6.92 Å². The number of hydrogen-bond acceptors (Lipinski definition) is 26. The molecule has 0 saturated carbocycles. The van der Waals surface area contributed by atoms with E-state index in [9.17, 15) is 102 Å². The molecule has 2 aliphatic heterocycles. The molecule has 8 rings (SSSR count). The van der Waals surface area contributed by atoms with Gasteiger partial charge in [0.2, 0.25) is 0 Å². The quantitative estimate of drug-likeness (QED) is 0.0300. The number of rotatable bonds is 18. The molecular weight excluding hydrogens is 1090 g/mol. The predicted molar refractivity (Wildman–Crippen MR) is 279 cm³/mol. The van der Waals surface area contributed by atoms with E-state index in [1.807, 2.05) is 6.92 Å². The van der Waals surface area contributed by atoms with E-state index in [0.29, 0.717) is 6.42 Å². The number of fused-ring (bicyclic) bond motifs is 2. The van der Waals surface area contributed by atoms with E-state index in [4.69, 9.17) is 23.7 Å². The number of phenolic OH excluding ortho intramolecular Hbond substituents is 16. The average Bonchev–Trinajstić information content (AvgIpc) is 1.89. The normalized spacial score (nSPS) is 18.0. The van der Waals surface area contributed by atoms with Crippen molar-refractivity contribution in [2.75, 3.05) is 6.54 Å². The molecule has 3 unspecified atom stereocenters. The summed E-state index contributed by atoms with van der Waals surface area (Å²) in [5.41, 5.74) is -2.90. The number of carbonyl (C=O) groups excluding carboxylic acids is 2. The number of hydrogen-bond donors (Lipinski definition) is 19. The Morgan fingerprint density at radius 3 is 1.23 bits per heavy atom. The van der Waals surface area contributed by atoms with Gasteiger partial charge in [-0.2, -0.15) is 0 Å². The van der Waals surface area contributed by atoms with Crippen LogP contribution in [0.1, 0.15) is 112 Å². The van der Waals surface area contributed by atoms with Crippen molar-refractivity contribution < 1.29 is 125 Å². The van der Waals surface area contributed by atoms with E-state index < -0.39 is 206 Å². The molecule has 438 valence electrons. The van der Waals surface area contributed by atoms with Gasteiger partial charge in [-0.25, -0.2) is 9.59 Å². The van der Waals surface area contributed by atoms with Crippen molar-refractivity contribution in [3.05, 3.63) is 105 Å². The SMILES string of the molecule is CCCCC(C)O[C@@H](C)C(O)C(O)NCC(c1c(O)cc(O)c2c1O[C@H](c1cc(O)c(O)c(O)c1)[C@H](OC(=O)c1cc(O)c(O)c(O)c1)C2)c1c(O)cc(O)c2c1O[C@H](c1cc(O)c(O)c(O)c1)[C@H](OC(=O)c1cc(O)c(O)c(O)c1)C2. The van der Waals surface area contributed by atoms with Crippen LogP contribution in [0.2, 0.25) is 0 Å². The van der Waals surface area contributed by atoms with Gasteiger partial charge in [0.25, 0.3) is 0 Å². The zero-order valence-corrected chi connectivity index (χ0v) is 43.6. The molecule has 0 amide bonds. The maximum absolute atomic E-state index is 13.8. The minimum Gasteiger partial charge on any atom is -0.507 e. The van der Waals surface area contributed by atoms with Crippen molar-refractivity contribution in [2.24, 2.45) is 0 Å². The zero-order valence-electron chi connectivity index (χ0n) is 43.6. The van der Waals surface area contributed by atoms with Gasteiger partial charge >= 0.3 is 11.9 Å². The highest BCUT2D eigenvalue weighted by atomic mass is 16.6. The monoisotopic (exact) mass is 1150 g/mol. The number of ether oxygens (including phenoxy) is 5. The number of carbonyl (C=O) groups is 2. The third kappa shape index (κ3) is 11.6. The fourth-order valence-electron chi connectivity index (χ4n) is 9.92. The van der Waals surface area contributed by atoms with Gasteiger partial charge in [0.05, 0.1) is 23.3 Å². The summed E-state index contributed by atoms with van der Waals surface area (Å²) in [4.78, 5) is 27.6. The molecule has 82 heavy (non-hydrogen) atoms. The topological polar surface area (TPSA) is 456 Å². The predicted octanol–water partition coefficient (Wildman–Crippen LogP) is 5.16. The highest BCUT2D eigenvalue weighted by Gasteiger charge is 2.45. The number of aromatic hydroxyl groups is 16. The van der Waals surface area contributed by atoms with Crippen LogP contribution in [0.5, 0.6) is 103 Å². The Labute approximate surface area is 464 Å². The molecule has 26 heteroatoms. The van der Waals surface area contributed by atoms with Gasteiger partial charge in [-0.15, -0.1) is 0 Å². The smallest absolute Gasteiger partial charge is 0.338 e. The maximum Gasteiger partial charge on any atom is 0.338 e. The van der Waals surface area contributed by atoms with Crippen molar-refractivity contribution >= 4 is 11.9 Å². The zero-order chi connectivity index (χ0) is 59.9. The van der Waals surface area contributed by atoms with Crippen LogP contribution >= 0.6 is 0 Å². The number of benzene rings is 6. The third-order valence-electron chi connectivity index (χ3n) is 14.1. The van der Waals surface area contributed by atoms with Crippen LogP contribution in [0.4, 0.5) is 0 Å². The van der Waals surface area contributed by atoms with E-state index in [2.05, 4.69) is 5.32 Å². The van der Waals surface area contributed by atoms with Gasteiger partial charge in [0.15, 0.2) is 81.2 Å². The fourth-order valence-corrected chi connectivity index (χ4v) is 9.92. The van der Waals surface area contributed by atoms with Crippen LogP contribution in [-0.2, 0) is 27.1 Å². The summed E-state index contributed by atoms with van der Waals surface area (Å²) in [6.45, 7) is 4.54. The van der Waals surface area contributed by atoms with Gasteiger partial charge in [0, 0.05) is 70.8 Å². The highest BCUT2D eigenvalue weighted by molar-refractivity contribution is 5.92. The molecule has 0 bridgehead atoms.